The number of ether oxygens (including phenoxy) is 2. The number of benzene rings is 1. The first kappa shape index (κ1) is 19.8. The van der Waals surface area contributed by atoms with Gasteiger partial charge in [-0.3, -0.25) is 4.79 Å². The summed E-state index contributed by atoms with van der Waals surface area (Å²) in [4.78, 5) is 30.5. The van der Waals surface area contributed by atoms with Gasteiger partial charge in [0.05, 0.1) is 36.1 Å². The van der Waals surface area contributed by atoms with Gasteiger partial charge in [0.1, 0.15) is 12.4 Å². The standard InChI is InChI=1S/C24H24N2O5/c1-5-24(29)18-9-19-21-14(10-26(19)22(27)17(18)11-31-23(24)28)6-13-7-15(30-4)8-16(12(2)3)20(13)25-21/h6-9,12,29H,5,10-11H2,1-4H3/t24-/m0/s1. The number of pyridine rings is 2. The van der Waals surface area contributed by atoms with E-state index in [4.69, 9.17) is 14.5 Å². The topological polar surface area (TPSA) is 90.7 Å². The third-order valence-electron chi connectivity index (χ3n) is 6.47. The molecule has 4 heterocycles. The Kier molecular flexibility index (Phi) is 4.24. The number of carbonyl (C=O) groups excluding carboxylic acids is 1. The minimum absolute atomic E-state index is 0.122. The Morgan fingerprint density at radius 3 is 2.71 bits per heavy atom. The lowest BCUT2D eigenvalue weighted by atomic mass is 9.86. The van der Waals surface area contributed by atoms with Gasteiger partial charge in [-0.2, -0.15) is 0 Å². The Labute approximate surface area is 179 Å². The SMILES string of the molecule is CC[C@@]1(O)C(=O)OCc2c1cc1n(c2=O)Cc2cc3cc(OC)cc(C(C)C)c3nc2-1. The van der Waals surface area contributed by atoms with Crippen LogP contribution in [0.3, 0.4) is 0 Å². The van der Waals surface area contributed by atoms with Crippen molar-refractivity contribution in [1.29, 1.82) is 0 Å². The van der Waals surface area contributed by atoms with Crippen molar-refractivity contribution in [2.75, 3.05) is 7.11 Å². The van der Waals surface area contributed by atoms with E-state index < -0.39 is 11.6 Å². The highest BCUT2D eigenvalue weighted by atomic mass is 16.6. The molecule has 1 atom stereocenters. The van der Waals surface area contributed by atoms with E-state index in [1.807, 2.05) is 18.2 Å². The number of carbonyl (C=O) groups is 1. The van der Waals surface area contributed by atoms with E-state index in [2.05, 4.69) is 13.8 Å². The fourth-order valence-electron chi connectivity index (χ4n) is 4.65. The van der Waals surface area contributed by atoms with Crippen molar-refractivity contribution in [2.24, 2.45) is 0 Å². The number of methoxy groups -OCH3 is 1. The first-order chi connectivity index (χ1) is 14.8. The molecule has 31 heavy (non-hydrogen) atoms. The molecular formula is C24H24N2O5. The van der Waals surface area contributed by atoms with E-state index >= 15 is 0 Å². The summed E-state index contributed by atoms with van der Waals surface area (Å²) in [5, 5.41) is 11.9. The lowest BCUT2D eigenvalue weighted by Crippen LogP contribution is -2.44. The number of aromatic nitrogens is 2. The molecule has 7 heteroatoms. The summed E-state index contributed by atoms with van der Waals surface area (Å²) in [6.45, 7) is 6.15. The third kappa shape index (κ3) is 2.66. The summed E-state index contributed by atoms with van der Waals surface area (Å²) in [5.74, 6) is 0.283. The van der Waals surface area contributed by atoms with E-state index in [1.165, 1.54) is 0 Å². The van der Waals surface area contributed by atoms with Gasteiger partial charge in [-0.15, -0.1) is 0 Å². The van der Waals surface area contributed by atoms with Crippen molar-refractivity contribution in [3.63, 3.8) is 0 Å². The van der Waals surface area contributed by atoms with E-state index in [1.54, 1.807) is 24.7 Å². The van der Waals surface area contributed by atoms with Crippen LogP contribution in [0.1, 0.15) is 55.4 Å². The smallest absolute Gasteiger partial charge is 0.343 e. The average molecular weight is 420 g/mol. The molecular weight excluding hydrogens is 396 g/mol. The van der Waals surface area contributed by atoms with Crippen molar-refractivity contribution in [2.45, 2.75) is 51.9 Å². The number of cyclic esters (lactones) is 1. The second kappa shape index (κ2) is 6.65. The molecule has 0 saturated heterocycles. The van der Waals surface area contributed by atoms with Crippen molar-refractivity contribution in [1.82, 2.24) is 9.55 Å². The van der Waals surface area contributed by atoms with Crippen LogP contribution in [0.5, 0.6) is 5.75 Å². The maximum Gasteiger partial charge on any atom is 0.343 e. The van der Waals surface area contributed by atoms with Crippen LogP contribution < -0.4 is 10.3 Å². The summed E-state index contributed by atoms with van der Waals surface area (Å²) in [7, 11) is 1.64. The lowest BCUT2D eigenvalue weighted by molar-refractivity contribution is -0.172. The van der Waals surface area contributed by atoms with E-state index in [-0.39, 0.29) is 24.5 Å². The predicted molar refractivity (Wildman–Crippen MR) is 115 cm³/mol. The molecule has 0 radical (unpaired) electrons. The van der Waals surface area contributed by atoms with Gasteiger partial charge in [0.2, 0.25) is 0 Å². The Morgan fingerprint density at radius 1 is 1.26 bits per heavy atom. The summed E-state index contributed by atoms with van der Waals surface area (Å²) >= 11 is 0. The van der Waals surface area contributed by atoms with Gasteiger partial charge >= 0.3 is 5.97 Å². The normalized spacial score (nSPS) is 19.2. The Morgan fingerprint density at radius 2 is 2.03 bits per heavy atom. The second-order valence-corrected chi connectivity index (χ2v) is 8.54. The van der Waals surface area contributed by atoms with Crippen LogP contribution >= 0.6 is 0 Å². The number of rotatable bonds is 3. The largest absolute Gasteiger partial charge is 0.497 e. The predicted octanol–water partition coefficient (Wildman–Crippen LogP) is 3.21. The highest BCUT2D eigenvalue weighted by Crippen LogP contribution is 2.40. The van der Waals surface area contributed by atoms with E-state index in [0.717, 1.165) is 27.8 Å². The number of esters is 1. The molecule has 2 aliphatic rings. The Bertz CT molecular complexity index is 1320. The summed E-state index contributed by atoms with van der Waals surface area (Å²) in [5.41, 5.74) is 2.74. The quantitative estimate of drug-likeness (QED) is 0.512. The molecule has 5 rings (SSSR count). The molecule has 1 aromatic carbocycles. The molecule has 0 bridgehead atoms. The zero-order chi connectivity index (χ0) is 22.1. The molecule has 0 amide bonds. The van der Waals surface area contributed by atoms with Crippen LogP contribution in [0, 0.1) is 0 Å². The third-order valence-corrected chi connectivity index (χ3v) is 6.47. The Balaban J connectivity index is 1.79. The molecule has 0 unspecified atom stereocenters. The van der Waals surface area contributed by atoms with Gasteiger partial charge in [0.15, 0.2) is 5.60 Å². The maximum atomic E-state index is 13.3. The molecule has 7 nitrogen and oxygen atoms in total. The van der Waals surface area contributed by atoms with Gasteiger partial charge in [-0.25, -0.2) is 9.78 Å². The number of hydrogen-bond acceptors (Lipinski definition) is 6. The van der Waals surface area contributed by atoms with Crippen LogP contribution in [-0.2, 0) is 28.3 Å². The van der Waals surface area contributed by atoms with Crippen LogP contribution in [0.4, 0.5) is 0 Å². The first-order valence-electron chi connectivity index (χ1n) is 10.5. The van der Waals surface area contributed by atoms with Gasteiger partial charge in [-0.1, -0.05) is 20.8 Å². The van der Waals surface area contributed by atoms with Gasteiger partial charge in [0.25, 0.3) is 5.56 Å². The van der Waals surface area contributed by atoms with Crippen molar-refractivity contribution in [3.8, 4) is 17.1 Å². The van der Waals surface area contributed by atoms with Crippen LogP contribution in [0.2, 0.25) is 0 Å². The number of nitrogens with zero attached hydrogens (tertiary/aromatic N) is 2. The summed E-state index contributed by atoms with van der Waals surface area (Å²) in [6.07, 6.45) is 0.122. The lowest BCUT2D eigenvalue weighted by Gasteiger charge is -2.31. The van der Waals surface area contributed by atoms with Gasteiger partial charge in [-0.05, 0) is 42.2 Å². The van der Waals surface area contributed by atoms with Crippen LogP contribution in [0.25, 0.3) is 22.3 Å². The zero-order valence-electron chi connectivity index (χ0n) is 18.0. The molecule has 1 N–H and O–H groups in total. The zero-order valence-corrected chi connectivity index (χ0v) is 18.0. The molecule has 2 aromatic heterocycles. The Hall–Kier alpha value is -3.19. The average Bonchev–Trinajstić information content (AvgIpc) is 3.12. The number of aliphatic hydroxyl groups is 1. The molecule has 0 aliphatic carbocycles. The molecule has 3 aromatic rings. The summed E-state index contributed by atoms with van der Waals surface area (Å²) < 4.78 is 12.2. The molecule has 160 valence electrons. The van der Waals surface area contributed by atoms with Crippen LogP contribution in [-0.4, -0.2) is 27.7 Å². The molecule has 0 saturated carbocycles. The van der Waals surface area contributed by atoms with Gasteiger partial charge < -0.3 is 19.1 Å². The minimum Gasteiger partial charge on any atom is -0.497 e. The van der Waals surface area contributed by atoms with Crippen molar-refractivity contribution < 1.29 is 19.4 Å². The fraction of sp³-hybridized carbons (Fsp3) is 0.375. The van der Waals surface area contributed by atoms with Crippen molar-refractivity contribution >= 4 is 16.9 Å². The van der Waals surface area contributed by atoms with E-state index in [0.29, 0.717) is 29.1 Å². The number of fused-ring (bicyclic) bond motifs is 5. The maximum absolute atomic E-state index is 13.3. The monoisotopic (exact) mass is 420 g/mol. The fourth-order valence-corrected chi connectivity index (χ4v) is 4.65. The van der Waals surface area contributed by atoms with Crippen molar-refractivity contribution in [3.05, 3.63) is 56.9 Å². The minimum atomic E-state index is -1.82. The van der Waals surface area contributed by atoms with Gasteiger partial charge in [0, 0.05) is 16.5 Å². The molecule has 2 aliphatic heterocycles. The highest BCUT2D eigenvalue weighted by molar-refractivity contribution is 5.89. The molecule has 0 spiro atoms. The molecule has 0 fully saturated rings. The number of hydrogen-bond donors (Lipinski definition) is 1. The van der Waals surface area contributed by atoms with Crippen LogP contribution in [0.15, 0.2) is 29.1 Å². The highest BCUT2D eigenvalue weighted by Gasteiger charge is 2.45. The summed E-state index contributed by atoms with van der Waals surface area (Å²) in [6, 6.07) is 7.73. The second-order valence-electron chi connectivity index (χ2n) is 8.54. The first-order valence-corrected chi connectivity index (χ1v) is 10.5. The van der Waals surface area contributed by atoms with E-state index in [9.17, 15) is 14.7 Å².